The minimum Gasteiger partial charge on any atom is -0.298 e. The van der Waals surface area contributed by atoms with E-state index in [-0.39, 0.29) is 0 Å². The molecule has 0 spiro atoms. The van der Waals surface area contributed by atoms with E-state index < -0.39 is 0 Å². The molecule has 0 heterocycles. The van der Waals surface area contributed by atoms with Gasteiger partial charge in [-0.25, -0.2) is 0 Å². The molecule has 2 heteroatoms. The van der Waals surface area contributed by atoms with Crippen LogP contribution in [0.1, 0.15) is 286 Å². The lowest BCUT2D eigenvalue weighted by Gasteiger charge is -2.24. The van der Waals surface area contributed by atoms with Crippen LogP contribution in [0.3, 0.4) is 0 Å². The summed E-state index contributed by atoms with van der Waals surface area (Å²) >= 11 is 0. The summed E-state index contributed by atoms with van der Waals surface area (Å²) in [6.07, 6.45) is 52.5. The number of carbonyl (C=O) groups excluding carboxylic acids is 1. The van der Waals surface area contributed by atoms with E-state index in [9.17, 15) is 4.79 Å². The lowest BCUT2D eigenvalue weighted by Crippen LogP contribution is -2.31. The Bertz CT molecular complexity index is 704. The van der Waals surface area contributed by atoms with E-state index in [1.807, 2.05) is 0 Å². The molecule has 0 N–H and O–H groups in total. The Kier molecular flexibility index (Phi) is 42.5. The highest BCUT2D eigenvalue weighted by atomic mass is 16.1. The van der Waals surface area contributed by atoms with Crippen LogP contribution in [0.4, 0.5) is 0 Å². The second kappa shape index (κ2) is 42.8. The Morgan fingerprint density at radius 1 is 0.377 bits per heavy atom. The normalized spacial score (nSPS) is 13.6. The summed E-state index contributed by atoms with van der Waals surface area (Å²) in [6, 6.07) is 0. The quantitative estimate of drug-likeness (QED) is 0.0579. The summed E-state index contributed by atoms with van der Waals surface area (Å²) in [6.45, 7) is 17.0. The van der Waals surface area contributed by atoms with Crippen LogP contribution in [-0.2, 0) is 4.79 Å². The molecule has 0 aromatic heterocycles. The zero-order chi connectivity index (χ0) is 38.9. The number of unbranched alkanes of at least 4 members (excludes halogenated alkanes) is 24. The van der Waals surface area contributed by atoms with E-state index in [0.29, 0.717) is 12.3 Å². The summed E-state index contributed by atoms with van der Waals surface area (Å²) in [5.41, 5.74) is 0. The van der Waals surface area contributed by atoms with Crippen LogP contribution in [0, 0.1) is 17.8 Å². The van der Waals surface area contributed by atoms with Crippen molar-refractivity contribution in [3.63, 3.8) is 0 Å². The van der Waals surface area contributed by atoms with Crippen molar-refractivity contribution in [3.05, 3.63) is 0 Å². The maximum Gasteiger partial charge on any atom is 0.146 e. The van der Waals surface area contributed by atoms with E-state index >= 15 is 0 Å². The van der Waals surface area contributed by atoms with Crippen molar-refractivity contribution in [2.75, 3.05) is 19.6 Å². The van der Waals surface area contributed by atoms with Gasteiger partial charge in [0.1, 0.15) is 5.78 Å². The molecule has 0 aromatic carbocycles. The Labute approximate surface area is 337 Å². The molecule has 0 aliphatic rings. The topological polar surface area (TPSA) is 20.3 Å². The van der Waals surface area contributed by atoms with Crippen LogP contribution in [0.5, 0.6) is 0 Å². The molecular weight excluding hydrogens is 643 g/mol. The minimum atomic E-state index is 0.489. The highest BCUT2D eigenvalue weighted by Gasteiger charge is 2.17. The second-order valence-electron chi connectivity index (χ2n) is 18.1. The molecule has 0 bridgehead atoms. The van der Waals surface area contributed by atoms with Crippen molar-refractivity contribution in [2.24, 2.45) is 17.8 Å². The van der Waals surface area contributed by atoms with Crippen LogP contribution in [0.25, 0.3) is 0 Å². The molecule has 0 fully saturated rings. The number of Topliss-reactive ketones (excluding diaryl/α,β-unsaturated/α-hetero) is 1. The molecule has 2 nitrogen and oxygen atoms in total. The zero-order valence-corrected chi connectivity index (χ0v) is 38.1. The Hall–Kier alpha value is -0.370. The van der Waals surface area contributed by atoms with Crippen molar-refractivity contribution in [3.8, 4) is 0 Å². The smallest absolute Gasteiger partial charge is 0.146 e. The monoisotopic (exact) mass is 746 g/mol. The van der Waals surface area contributed by atoms with E-state index in [1.54, 1.807) is 0 Å². The zero-order valence-electron chi connectivity index (χ0n) is 38.1. The summed E-state index contributed by atoms with van der Waals surface area (Å²) in [4.78, 5) is 15.4. The predicted octanol–water partition coefficient (Wildman–Crippen LogP) is 17.6. The largest absolute Gasteiger partial charge is 0.298 e. The lowest BCUT2D eigenvalue weighted by molar-refractivity contribution is -0.120. The van der Waals surface area contributed by atoms with Crippen molar-refractivity contribution in [2.45, 2.75) is 286 Å². The Morgan fingerprint density at radius 2 is 0.736 bits per heavy atom. The van der Waals surface area contributed by atoms with Crippen LogP contribution in [0.15, 0.2) is 0 Å². The molecule has 3 unspecified atom stereocenters. The van der Waals surface area contributed by atoms with E-state index in [4.69, 9.17) is 0 Å². The molecule has 318 valence electrons. The first-order valence-electron chi connectivity index (χ1n) is 25.3. The van der Waals surface area contributed by atoms with E-state index in [2.05, 4.69) is 46.4 Å². The number of hydrogen-bond acceptors (Lipinski definition) is 2. The molecular formula is C51H103NO. The highest BCUT2D eigenvalue weighted by Crippen LogP contribution is 2.30. The summed E-state index contributed by atoms with van der Waals surface area (Å²) < 4.78 is 0. The number of carbonyl (C=O) groups is 1. The van der Waals surface area contributed by atoms with Gasteiger partial charge in [-0.15, -0.1) is 0 Å². The first-order valence-corrected chi connectivity index (χ1v) is 25.3. The molecule has 0 aromatic rings. The third-order valence-electron chi connectivity index (χ3n) is 12.7. The molecule has 0 radical (unpaired) electrons. The molecule has 0 rings (SSSR count). The second-order valence-corrected chi connectivity index (χ2v) is 18.1. The van der Waals surface area contributed by atoms with Gasteiger partial charge in [-0.2, -0.15) is 0 Å². The summed E-state index contributed by atoms with van der Waals surface area (Å²) in [5.74, 6) is 3.28. The molecule has 0 aliphatic carbocycles. The Morgan fingerprint density at radius 3 is 1.19 bits per heavy atom. The van der Waals surface area contributed by atoms with Gasteiger partial charge >= 0.3 is 0 Å². The van der Waals surface area contributed by atoms with Gasteiger partial charge in [0.25, 0.3) is 0 Å². The highest BCUT2D eigenvalue weighted by molar-refractivity contribution is 5.80. The maximum absolute atomic E-state index is 12.9. The lowest BCUT2D eigenvalue weighted by atomic mass is 9.82. The first kappa shape index (κ1) is 52.6. The molecule has 0 amide bonds. The van der Waals surface area contributed by atoms with Gasteiger partial charge in [-0.1, -0.05) is 260 Å². The van der Waals surface area contributed by atoms with Gasteiger partial charge in [-0.05, 0) is 50.1 Å². The SMILES string of the molecule is CCCCCCCCC(CCCCCC)CCCCCCCCN(CCC)CC(=O)CCCCCCC(C)C(CCCCCC)CCCCCCCC. The van der Waals surface area contributed by atoms with E-state index in [1.165, 1.54) is 225 Å². The van der Waals surface area contributed by atoms with Crippen molar-refractivity contribution in [1.29, 1.82) is 0 Å². The number of ketones is 1. The van der Waals surface area contributed by atoms with Crippen molar-refractivity contribution >= 4 is 5.78 Å². The fourth-order valence-electron chi connectivity index (χ4n) is 9.01. The van der Waals surface area contributed by atoms with Crippen LogP contribution in [-0.4, -0.2) is 30.3 Å². The van der Waals surface area contributed by atoms with Gasteiger partial charge in [0.15, 0.2) is 0 Å². The van der Waals surface area contributed by atoms with Crippen LogP contribution >= 0.6 is 0 Å². The van der Waals surface area contributed by atoms with Gasteiger partial charge in [-0.3, -0.25) is 9.69 Å². The average molecular weight is 746 g/mol. The molecule has 53 heavy (non-hydrogen) atoms. The Balaban J connectivity index is 4.18. The van der Waals surface area contributed by atoms with Gasteiger partial charge in [0.2, 0.25) is 0 Å². The third-order valence-corrected chi connectivity index (χ3v) is 12.7. The fraction of sp³-hybridized carbons (Fsp3) is 0.980. The van der Waals surface area contributed by atoms with E-state index in [0.717, 1.165) is 50.1 Å². The predicted molar refractivity (Wildman–Crippen MR) is 241 cm³/mol. The third kappa shape index (κ3) is 37.0. The number of hydrogen-bond donors (Lipinski definition) is 0. The van der Waals surface area contributed by atoms with Gasteiger partial charge < -0.3 is 0 Å². The maximum atomic E-state index is 12.9. The molecule has 3 atom stereocenters. The van der Waals surface area contributed by atoms with Crippen LogP contribution < -0.4 is 0 Å². The van der Waals surface area contributed by atoms with Crippen molar-refractivity contribution < 1.29 is 4.79 Å². The number of nitrogens with zero attached hydrogens (tertiary/aromatic N) is 1. The van der Waals surface area contributed by atoms with Gasteiger partial charge in [0, 0.05) is 6.42 Å². The molecule has 0 saturated heterocycles. The van der Waals surface area contributed by atoms with Gasteiger partial charge in [0.05, 0.1) is 6.54 Å². The summed E-state index contributed by atoms with van der Waals surface area (Å²) in [5, 5.41) is 0. The fourth-order valence-corrected chi connectivity index (χ4v) is 9.01. The van der Waals surface area contributed by atoms with Crippen molar-refractivity contribution in [1.82, 2.24) is 4.90 Å². The number of rotatable bonds is 45. The van der Waals surface area contributed by atoms with Crippen LogP contribution in [0.2, 0.25) is 0 Å². The first-order chi connectivity index (χ1) is 26.0. The molecule has 0 aliphatic heterocycles. The minimum absolute atomic E-state index is 0.489. The summed E-state index contributed by atoms with van der Waals surface area (Å²) in [7, 11) is 0. The molecule has 0 saturated carbocycles. The average Bonchev–Trinajstić information content (AvgIpc) is 3.15. The standard InChI is InChI=1S/C51H103NO/c1-7-12-16-20-24-32-40-49(39-31-18-14-9-3)41-33-25-22-23-29-37-46-52(45-11-5)47-51(53)44-36-28-27-30-38-48(6)50(42-34-19-15-10-4)43-35-26-21-17-13-8-2/h48-50H,7-47H2,1-6H3.